The summed E-state index contributed by atoms with van der Waals surface area (Å²) in [6.45, 7) is 0.140. The van der Waals surface area contributed by atoms with Gasteiger partial charge in [0.05, 0.1) is 6.61 Å². The van der Waals surface area contributed by atoms with Crippen LogP contribution in [0.25, 0.3) is 0 Å². The van der Waals surface area contributed by atoms with E-state index in [0.717, 1.165) is 5.56 Å². The van der Waals surface area contributed by atoms with Crippen molar-refractivity contribution in [2.45, 2.75) is 32.3 Å². The number of hydrogen-bond donors (Lipinski definition) is 1. The highest BCUT2D eigenvalue weighted by Crippen LogP contribution is 2.15. The summed E-state index contributed by atoms with van der Waals surface area (Å²) in [5.41, 5.74) is 0.965. The molecule has 1 fully saturated rings. The van der Waals surface area contributed by atoms with Gasteiger partial charge in [-0.05, 0) is 5.56 Å². The van der Waals surface area contributed by atoms with E-state index < -0.39 is 0 Å². The van der Waals surface area contributed by atoms with Crippen molar-refractivity contribution >= 4 is 0 Å². The van der Waals surface area contributed by atoms with Gasteiger partial charge in [-0.2, -0.15) is 0 Å². The van der Waals surface area contributed by atoms with Gasteiger partial charge >= 0.3 is 0 Å². The van der Waals surface area contributed by atoms with E-state index in [1.807, 2.05) is 30.3 Å². The van der Waals surface area contributed by atoms with Gasteiger partial charge in [0, 0.05) is 2.85 Å². The molecule has 12 heavy (non-hydrogen) atoms. The third kappa shape index (κ3) is 3.54. The van der Waals surface area contributed by atoms with Crippen LogP contribution in [0.3, 0.4) is 0 Å². The molecular weight excluding hydrogens is 148 g/mol. The van der Waals surface area contributed by atoms with Crippen molar-refractivity contribution in [3.05, 3.63) is 35.9 Å². The van der Waals surface area contributed by atoms with Crippen molar-refractivity contribution in [3.63, 3.8) is 0 Å². The van der Waals surface area contributed by atoms with Gasteiger partial charge in [-0.1, -0.05) is 56.0 Å². The molecule has 0 heterocycles. The summed E-state index contributed by atoms with van der Waals surface area (Å²) in [4.78, 5) is 0. The second-order valence-electron chi connectivity index (χ2n) is 3.06. The van der Waals surface area contributed by atoms with Crippen LogP contribution in [0.1, 0.15) is 34.1 Å². The first-order valence-corrected chi connectivity index (χ1v) is 4.58. The minimum atomic E-state index is 0. The molecule has 0 unspecified atom stereocenters. The quantitative estimate of drug-likeness (QED) is 0.682. The lowest BCUT2D eigenvalue weighted by molar-refractivity contribution is 0.282. The molecule has 0 saturated heterocycles. The molecule has 1 N–H and O–H groups in total. The van der Waals surface area contributed by atoms with Gasteiger partial charge in [-0.15, -0.1) is 0 Å². The molecule has 1 aliphatic rings. The Hall–Kier alpha value is -0.820. The van der Waals surface area contributed by atoms with Crippen LogP contribution in [0, 0.1) is 0 Å². The molecule has 0 atom stereocenters. The van der Waals surface area contributed by atoms with E-state index in [1.165, 1.54) is 25.7 Å². The highest BCUT2D eigenvalue weighted by molar-refractivity contribution is 5.12. The second kappa shape index (κ2) is 5.78. The zero-order valence-corrected chi connectivity index (χ0v) is 7.37. The summed E-state index contributed by atoms with van der Waals surface area (Å²) in [5, 5.41) is 8.54. The number of aliphatic hydroxyl groups is 1. The average Bonchev–Trinajstić information content (AvgIpc) is 2.03. The Bertz CT molecular complexity index is 194. The van der Waals surface area contributed by atoms with E-state index in [9.17, 15) is 0 Å². The topological polar surface area (TPSA) is 20.2 Å². The van der Waals surface area contributed by atoms with Crippen LogP contribution in [0.4, 0.5) is 0 Å². The normalized spacial score (nSPS) is 14.1. The van der Waals surface area contributed by atoms with E-state index in [0.29, 0.717) is 0 Å². The lowest BCUT2D eigenvalue weighted by atomic mass is 10.0. The SMILES string of the molecule is C1CCC1.OCc1ccccc1.[HH].[HH]. The summed E-state index contributed by atoms with van der Waals surface area (Å²) in [5.74, 6) is 0. The van der Waals surface area contributed by atoms with Crippen LogP contribution >= 0.6 is 0 Å². The van der Waals surface area contributed by atoms with Gasteiger partial charge in [0.2, 0.25) is 0 Å². The highest BCUT2D eigenvalue weighted by Gasteiger charge is 1.95. The molecule has 0 aromatic heterocycles. The van der Waals surface area contributed by atoms with E-state index in [1.54, 1.807) is 0 Å². The number of hydrogen-bond acceptors (Lipinski definition) is 1. The van der Waals surface area contributed by atoms with E-state index in [-0.39, 0.29) is 9.46 Å². The monoisotopic (exact) mass is 168 g/mol. The summed E-state index contributed by atoms with van der Waals surface area (Å²) in [6.07, 6.45) is 6.00. The van der Waals surface area contributed by atoms with Crippen molar-refractivity contribution in [3.8, 4) is 0 Å². The Morgan fingerprint density at radius 3 is 1.75 bits per heavy atom. The molecule has 0 bridgehead atoms. The van der Waals surface area contributed by atoms with Crippen molar-refractivity contribution < 1.29 is 7.96 Å². The maximum atomic E-state index is 8.54. The summed E-state index contributed by atoms with van der Waals surface area (Å²) >= 11 is 0. The zero-order valence-electron chi connectivity index (χ0n) is 7.37. The maximum absolute atomic E-state index is 8.54. The summed E-state index contributed by atoms with van der Waals surface area (Å²) in [7, 11) is 0. The fraction of sp³-hybridized carbons (Fsp3) is 0.455. The molecule has 0 amide bonds. The standard InChI is InChI=1S/C7H8O.C4H8.2H2/c8-6-7-4-2-1-3-5-7;1-2-4-3-1;;/h1-5,8H,6H2;1-4H2;2*1H. The molecule has 1 nitrogen and oxygen atoms in total. The van der Waals surface area contributed by atoms with E-state index in [4.69, 9.17) is 5.11 Å². The Labute approximate surface area is 77.0 Å². The van der Waals surface area contributed by atoms with Crippen LogP contribution in [0.5, 0.6) is 0 Å². The molecular formula is C11H20O. The molecule has 1 aliphatic carbocycles. The Balaban J connectivity index is 0. The van der Waals surface area contributed by atoms with Gasteiger partial charge in [0.1, 0.15) is 0 Å². The fourth-order valence-electron chi connectivity index (χ4n) is 0.833. The summed E-state index contributed by atoms with van der Waals surface area (Å²) < 4.78 is 0. The molecule has 2 rings (SSSR count). The second-order valence-corrected chi connectivity index (χ2v) is 3.06. The Kier molecular flexibility index (Phi) is 4.47. The molecule has 1 heteroatoms. The molecule has 0 spiro atoms. The number of aliphatic hydroxyl groups excluding tert-OH is 1. The molecule has 1 saturated carbocycles. The summed E-state index contributed by atoms with van der Waals surface area (Å²) in [6, 6.07) is 9.52. The zero-order chi connectivity index (χ0) is 8.65. The molecule has 70 valence electrons. The third-order valence-electron chi connectivity index (χ3n) is 2.03. The van der Waals surface area contributed by atoms with E-state index >= 15 is 0 Å². The Morgan fingerprint density at radius 1 is 1.00 bits per heavy atom. The predicted octanol–water partition coefficient (Wildman–Crippen LogP) is 3.23. The molecule has 1 aromatic rings. The lowest BCUT2D eigenvalue weighted by Crippen LogP contribution is -1.85. The highest BCUT2D eigenvalue weighted by atomic mass is 16.3. The van der Waals surface area contributed by atoms with Gasteiger partial charge in [0.25, 0.3) is 0 Å². The van der Waals surface area contributed by atoms with Crippen LogP contribution in [-0.2, 0) is 6.61 Å². The molecule has 1 aromatic carbocycles. The van der Waals surface area contributed by atoms with Gasteiger partial charge in [-0.3, -0.25) is 0 Å². The van der Waals surface area contributed by atoms with Crippen LogP contribution in [0.15, 0.2) is 30.3 Å². The minimum absolute atomic E-state index is 0. The van der Waals surface area contributed by atoms with Crippen LogP contribution in [0.2, 0.25) is 0 Å². The molecule has 0 radical (unpaired) electrons. The number of rotatable bonds is 1. The first-order chi connectivity index (χ1) is 5.93. The van der Waals surface area contributed by atoms with Crippen molar-refractivity contribution in [1.82, 2.24) is 0 Å². The fourth-order valence-corrected chi connectivity index (χ4v) is 0.833. The smallest absolute Gasteiger partial charge is 0.0681 e. The van der Waals surface area contributed by atoms with E-state index in [2.05, 4.69) is 0 Å². The Morgan fingerprint density at radius 2 is 1.50 bits per heavy atom. The largest absolute Gasteiger partial charge is 0.392 e. The predicted molar refractivity (Wildman–Crippen MR) is 55.1 cm³/mol. The van der Waals surface area contributed by atoms with Gasteiger partial charge in [-0.25, -0.2) is 0 Å². The lowest BCUT2D eigenvalue weighted by Gasteiger charge is -2.05. The van der Waals surface area contributed by atoms with Crippen LogP contribution < -0.4 is 0 Å². The third-order valence-corrected chi connectivity index (χ3v) is 2.03. The van der Waals surface area contributed by atoms with Gasteiger partial charge in [0.15, 0.2) is 0 Å². The van der Waals surface area contributed by atoms with Gasteiger partial charge < -0.3 is 5.11 Å². The van der Waals surface area contributed by atoms with Crippen LogP contribution in [-0.4, -0.2) is 5.11 Å². The maximum Gasteiger partial charge on any atom is 0.0681 e. The van der Waals surface area contributed by atoms with Crippen molar-refractivity contribution in [1.29, 1.82) is 0 Å². The average molecular weight is 168 g/mol. The first kappa shape index (κ1) is 9.27. The molecule has 0 aliphatic heterocycles. The minimum Gasteiger partial charge on any atom is -0.392 e. The number of benzene rings is 1. The van der Waals surface area contributed by atoms with Crippen molar-refractivity contribution in [2.75, 3.05) is 0 Å². The first-order valence-electron chi connectivity index (χ1n) is 4.58. The van der Waals surface area contributed by atoms with Crippen molar-refractivity contribution in [2.24, 2.45) is 0 Å².